The van der Waals surface area contributed by atoms with Crippen LogP contribution in [0.2, 0.25) is 0 Å². The van der Waals surface area contributed by atoms with Crippen LogP contribution < -0.4 is 34.4 Å². The molecule has 3 aliphatic carbocycles. The van der Waals surface area contributed by atoms with Gasteiger partial charge in [-0.05, 0) is 121 Å². The van der Waals surface area contributed by atoms with E-state index in [2.05, 4.69) is 0 Å². The summed E-state index contributed by atoms with van der Waals surface area (Å²) in [6, 6.07) is 1.88. The smallest absolute Gasteiger partial charge is 0.00399 e. The van der Waals surface area contributed by atoms with Gasteiger partial charge in [-0.15, -0.1) is 0 Å². The van der Waals surface area contributed by atoms with E-state index < -0.39 is 0 Å². The lowest BCUT2D eigenvalue weighted by Crippen LogP contribution is -2.33. The molecule has 0 radical (unpaired) electrons. The first-order chi connectivity index (χ1) is 14.9. The standard InChI is InChI=1S/C13H26N2.C6H14N2.C6H16N2/c14-12-5-1-10(2-6-12)9-11-3-7-13(15)8-4-11;7-5-1-2-6(8)4-3-5;7-5-3-1-2-4-6-8/h10-13H,1-9,14-15H2;5-6H,1-4,7-8H2;1-8H2. The topological polar surface area (TPSA) is 156 Å². The predicted octanol–water partition coefficient (Wildman–Crippen LogP) is 3.09. The van der Waals surface area contributed by atoms with Gasteiger partial charge in [-0.1, -0.05) is 12.8 Å². The summed E-state index contributed by atoms with van der Waals surface area (Å²) in [5, 5.41) is 0. The van der Waals surface area contributed by atoms with Gasteiger partial charge in [-0.25, -0.2) is 0 Å². The monoisotopic (exact) mass is 440 g/mol. The van der Waals surface area contributed by atoms with Gasteiger partial charge >= 0.3 is 0 Å². The average Bonchev–Trinajstić information content (AvgIpc) is 2.77. The van der Waals surface area contributed by atoms with E-state index in [1.54, 1.807) is 0 Å². The van der Waals surface area contributed by atoms with Gasteiger partial charge in [0, 0.05) is 24.2 Å². The largest absolute Gasteiger partial charge is 0.330 e. The van der Waals surface area contributed by atoms with Gasteiger partial charge in [0.05, 0.1) is 0 Å². The number of hydrogen-bond donors (Lipinski definition) is 6. The summed E-state index contributed by atoms with van der Waals surface area (Å²) in [5.41, 5.74) is 33.7. The van der Waals surface area contributed by atoms with Crippen molar-refractivity contribution in [2.24, 2.45) is 46.2 Å². The average molecular weight is 441 g/mol. The minimum atomic E-state index is 0.440. The van der Waals surface area contributed by atoms with Gasteiger partial charge in [-0.2, -0.15) is 0 Å². The highest BCUT2D eigenvalue weighted by Gasteiger charge is 2.24. The van der Waals surface area contributed by atoms with Crippen LogP contribution in [0.5, 0.6) is 0 Å². The fourth-order valence-corrected chi connectivity index (χ4v) is 5.11. The highest BCUT2D eigenvalue weighted by molar-refractivity contribution is 4.80. The second-order valence-corrected chi connectivity index (χ2v) is 10.5. The molecule has 0 amide bonds. The fraction of sp³-hybridized carbons (Fsp3) is 1.00. The summed E-state index contributed by atoms with van der Waals surface area (Å²) >= 11 is 0. The van der Waals surface area contributed by atoms with E-state index in [0.29, 0.717) is 24.2 Å². The minimum Gasteiger partial charge on any atom is -0.330 e. The first-order valence-electron chi connectivity index (χ1n) is 13.4. The Bertz CT molecular complexity index is 347. The van der Waals surface area contributed by atoms with Gasteiger partial charge in [0.1, 0.15) is 0 Å². The third-order valence-corrected chi connectivity index (χ3v) is 7.42. The van der Waals surface area contributed by atoms with E-state index in [1.165, 1.54) is 70.6 Å². The molecule has 0 bridgehead atoms. The van der Waals surface area contributed by atoms with Crippen molar-refractivity contribution in [2.75, 3.05) is 13.1 Å². The Morgan fingerprint density at radius 1 is 0.387 bits per heavy atom. The summed E-state index contributed by atoms with van der Waals surface area (Å²) in [7, 11) is 0. The van der Waals surface area contributed by atoms with Gasteiger partial charge in [0.2, 0.25) is 0 Å². The van der Waals surface area contributed by atoms with Crippen molar-refractivity contribution in [3.63, 3.8) is 0 Å². The zero-order chi connectivity index (χ0) is 22.9. The van der Waals surface area contributed by atoms with E-state index in [9.17, 15) is 0 Å². The van der Waals surface area contributed by atoms with Crippen LogP contribution in [0.15, 0.2) is 0 Å². The molecule has 6 nitrogen and oxygen atoms in total. The van der Waals surface area contributed by atoms with E-state index in [4.69, 9.17) is 34.4 Å². The van der Waals surface area contributed by atoms with E-state index in [-0.39, 0.29) is 0 Å². The van der Waals surface area contributed by atoms with Crippen LogP contribution in [0.1, 0.15) is 109 Å². The van der Waals surface area contributed by atoms with Crippen LogP contribution in [0, 0.1) is 11.8 Å². The van der Waals surface area contributed by atoms with Crippen LogP contribution in [-0.2, 0) is 0 Å². The van der Waals surface area contributed by atoms with Crippen molar-refractivity contribution < 1.29 is 0 Å². The second kappa shape index (κ2) is 18.2. The minimum absolute atomic E-state index is 0.440. The Labute approximate surface area is 193 Å². The first kappa shape index (κ1) is 28.8. The summed E-state index contributed by atoms with van der Waals surface area (Å²) < 4.78 is 0. The van der Waals surface area contributed by atoms with Crippen LogP contribution >= 0.6 is 0 Å². The molecule has 186 valence electrons. The van der Waals surface area contributed by atoms with Crippen molar-refractivity contribution in [1.82, 2.24) is 0 Å². The Kier molecular flexibility index (Phi) is 16.9. The summed E-state index contributed by atoms with van der Waals surface area (Å²) in [6.07, 6.45) is 21.3. The zero-order valence-corrected chi connectivity index (χ0v) is 20.4. The van der Waals surface area contributed by atoms with Crippen molar-refractivity contribution >= 4 is 0 Å². The SMILES string of the molecule is NC1CCC(CC2CCC(N)CC2)CC1.NC1CCC(N)CC1.NCCCCCCN. The predicted molar refractivity (Wildman–Crippen MR) is 135 cm³/mol. The second-order valence-electron chi connectivity index (χ2n) is 10.5. The van der Waals surface area contributed by atoms with Crippen molar-refractivity contribution in [3.05, 3.63) is 0 Å². The van der Waals surface area contributed by atoms with Crippen LogP contribution in [0.4, 0.5) is 0 Å². The Morgan fingerprint density at radius 2 is 0.645 bits per heavy atom. The molecule has 0 aromatic carbocycles. The molecule has 0 unspecified atom stereocenters. The molecule has 3 rings (SSSR count). The number of rotatable bonds is 7. The maximum atomic E-state index is 5.93. The normalized spacial score (nSPS) is 33.5. The number of nitrogens with two attached hydrogens (primary N) is 6. The lowest BCUT2D eigenvalue weighted by molar-refractivity contribution is 0.225. The highest BCUT2D eigenvalue weighted by Crippen LogP contribution is 2.34. The molecule has 31 heavy (non-hydrogen) atoms. The van der Waals surface area contributed by atoms with E-state index in [1.807, 2.05) is 0 Å². The lowest BCUT2D eigenvalue weighted by atomic mass is 9.76. The molecule has 0 aliphatic heterocycles. The molecule has 3 aliphatic rings. The van der Waals surface area contributed by atoms with Crippen LogP contribution in [0.3, 0.4) is 0 Å². The number of unbranched alkanes of at least 4 members (excludes halogenated alkanes) is 3. The molecule has 0 heterocycles. The molecule has 0 spiro atoms. The van der Waals surface area contributed by atoms with Gasteiger partial charge in [-0.3, -0.25) is 0 Å². The van der Waals surface area contributed by atoms with E-state index in [0.717, 1.165) is 63.5 Å². The highest BCUT2D eigenvalue weighted by atomic mass is 14.7. The molecular formula is C25H56N6. The summed E-state index contributed by atoms with van der Waals surface area (Å²) in [5.74, 6) is 1.95. The molecule has 12 N–H and O–H groups in total. The van der Waals surface area contributed by atoms with Crippen LogP contribution in [0.25, 0.3) is 0 Å². The van der Waals surface area contributed by atoms with Crippen molar-refractivity contribution in [2.45, 2.75) is 133 Å². The van der Waals surface area contributed by atoms with Gasteiger partial charge in [0.15, 0.2) is 0 Å². The zero-order valence-electron chi connectivity index (χ0n) is 20.4. The maximum Gasteiger partial charge on any atom is 0.00399 e. The molecule has 3 fully saturated rings. The molecular weight excluding hydrogens is 384 g/mol. The van der Waals surface area contributed by atoms with Crippen molar-refractivity contribution in [3.8, 4) is 0 Å². The molecule has 0 saturated heterocycles. The Hall–Kier alpha value is -0.240. The molecule has 3 saturated carbocycles. The number of hydrogen-bond acceptors (Lipinski definition) is 6. The van der Waals surface area contributed by atoms with Gasteiger partial charge < -0.3 is 34.4 Å². The third-order valence-electron chi connectivity index (χ3n) is 7.42. The summed E-state index contributed by atoms with van der Waals surface area (Å²) in [6.45, 7) is 1.65. The molecule has 6 heteroatoms. The molecule has 0 atom stereocenters. The Morgan fingerprint density at radius 3 is 0.903 bits per heavy atom. The van der Waals surface area contributed by atoms with Crippen molar-refractivity contribution in [1.29, 1.82) is 0 Å². The lowest BCUT2D eigenvalue weighted by Gasteiger charge is -2.32. The van der Waals surface area contributed by atoms with Gasteiger partial charge in [0.25, 0.3) is 0 Å². The third kappa shape index (κ3) is 15.3. The van der Waals surface area contributed by atoms with E-state index >= 15 is 0 Å². The first-order valence-corrected chi connectivity index (χ1v) is 13.4. The van der Waals surface area contributed by atoms with Crippen LogP contribution in [-0.4, -0.2) is 37.3 Å². The Balaban J connectivity index is 0.000000256. The quantitative estimate of drug-likeness (QED) is 0.334. The summed E-state index contributed by atoms with van der Waals surface area (Å²) in [4.78, 5) is 0. The fourth-order valence-electron chi connectivity index (χ4n) is 5.11. The molecule has 0 aromatic rings. The maximum absolute atomic E-state index is 5.93. The molecule has 0 aromatic heterocycles.